The first-order valence-electron chi connectivity index (χ1n) is 5.25. The predicted molar refractivity (Wildman–Crippen MR) is 70.8 cm³/mol. The summed E-state index contributed by atoms with van der Waals surface area (Å²) in [6.45, 7) is 0. The first-order valence-corrected chi connectivity index (χ1v) is 6.60. The fourth-order valence-electron chi connectivity index (χ4n) is 1.47. The molecule has 96 valence electrons. The highest BCUT2D eigenvalue weighted by Gasteiger charge is 2.17. The highest BCUT2D eigenvalue weighted by Crippen LogP contribution is 2.18. The zero-order valence-corrected chi connectivity index (χ0v) is 11.1. The number of nitrogens with zero attached hydrogens (tertiary/aromatic N) is 5. The van der Waals surface area contributed by atoms with Crippen molar-refractivity contribution in [1.82, 2.24) is 24.7 Å². The molecule has 0 aliphatic heterocycles. The first-order chi connectivity index (χ1) is 9.25. The third kappa shape index (κ3) is 2.30. The molecular formula is C10H8N6OS2. The average Bonchev–Trinajstić information content (AvgIpc) is 3.08. The highest BCUT2D eigenvalue weighted by atomic mass is 32.1. The molecule has 0 saturated heterocycles. The largest absolute Gasteiger partial charge is 0.407 e. The van der Waals surface area contributed by atoms with E-state index < -0.39 is 6.17 Å². The molecule has 1 atom stereocenters. The van der Waals surface area contributed by atoms with E-state index in [1.807, 2.05) is 5.38 Å². The topological polar surface area (TPSA) is 95.7 Å². The minimum absolute atomic E-state index is 0.168. The molecule has 3 heterocycles. The molecule has 0 radical (unpaired) electrons. The summed E-state index contributed by atoms with van der Waals surface area (Å²) in [4.78, 5) is 12.3. The summed E-state index contributed by atoms with van der Waals surface area (Å²) < 4.78 is 6.78. The molecule has 0 saturated carbocycles. The van der Waals surface area contributed by atoms with Gasteiger partial charge in [-0.3, -0.25) is 4.98 Å². The molecule has 0 aliphatic carbocycles. The van der Waals surface area contributed by atoms with E-state index in [0.29, 0.717) is 11.4 Å². The summed E-state index contributed by atoms with van der Waals surface area (Å²) in [5.74, 6) is 0.281. The second-order valence-corrected chi connectivity index (χ2v) is 4.63. The second kappa shape index (κ2) is 4.96. The zero-order valence-electron chi connectivity index (χ0n) is 9.50. The Bertz CT molecular complexity index is 720. The lowest BCUT2D eigenvalue weighted by atomic mass is 10.4. The van der Waals surface area contributed by atoms with Crippen molar-refractivity contribution in [2.24, 2.45) is 5.73 Å². The van der Waals surface area contributed by atoms with Gasteiger partial charge in [-0.25, -0.2) is 9.97 Å². The molecule has 1 unspecified atom stereocenters. The van der Waals surface area contributed by atoms with Crippen LogP contribution in [-0.2, 0) is 0 Å². The van der Waals surface area contributed by atoms with Gasteiger partial charge in [0, 0.05) is 17.8 Å². The molecule has 9 heteroatoms. The molecule has 3 aromatic rings. The van der Waals surface area contributed by atoms with Crippen LogP contribution in [0.5, 0.6) is 0 Å². The molecule has 0 bridgehead atoms. The minimum Gasteiger partial charge on any atom is -0.407 e. The summed E-state index contributed by atoms with van der Waals surface area (Å²) in [5.41, 5.74) is 8.91. The van der Waals surface area contributed by atoms with Crippen LogP contribution in [0.3, 0.4) is 0 Å². The smallest absolute Gasteiger partial charge is 0.289 e. The Kier molecular flexibility index (Phi) is 3.15. The predicted octanol–water partition coefficient (Wildman–Crippen LogP) is 1.62. The molecule has 0 aromatic carbocycles. The lowest BCUT2D eigenvalue weighted by Crippen LogP contribution is -2.21. The van der Waals surface area contributed by atoms with E-state index >= 15 is 0 Å². The number of thiazole rings is 1. The molecule has 3 rings (SSSR count). The third-order valence-electron chi connectivity index (χ3n) is 2.37. The van der Waals surface area contributed by atoms with E-state index in [-0.39, 0.29) is 10.7 Å². The van der Waals surface area contributed by atoms with Crippen molar-refractivity contribution >= 4 is 23.6 Å². The molecule has 2 N–H and O–H groups in total. The van der Waals surface area contributed by atoms with Crippen LogP contribution in [0.1, 0.15) is 11.9 Å². The van der Waals surface area contributed by atoms with E-state index in [2.05, 4.69) is 20.1 Å². The summed E-state index contributed by atoms with van der Waals surface area (Å²) >= 11 is 6.56. The molecular weight excluding hydrogens is 284 g/mol. The lowest BCUT2D eigenvalue weighted by molar-refractivity contribution is 0.474. The Labute approximate surface area is 116 Å². The first kappa shape index (κ1) is 12.1. The van der Waals surface area contributed by atoms with Crippen LogP contribution in [0.25, 0.3) is 11.6 Å². The van der Waals surface area contributed by atoms with Crippen LogP contribution in [0.15, 0.2) is 33.9 Å². The van der Waals surface area contributed by atoms with Gasteiger partial charge in [-0.15, -0.1) is 16.4 Å². The summed E-state index contributed by atoms with van der Waals surface area (Å²) in [6.07, 6.45) is 4.08. The molecule has 7 nitrogen and oxygen atoms in total. The van der Waals surface area contributed by atoms with Gasteiger partial charge in [-0.05, 0) is 12.2 Å². The normalized spacial score (nSPS) is 12.5. The van der Waals surface area contributed by atoms with Gasteiger partial charge < -0.3 is 10.2 Å². The Hall–Kier alpha value is -1.97. The lowest BCUT2D eigenvalue weighted by Gasteiger charge is -2.06. The summed E-state index contributed by atoms with van der Waals surface area (Å²) in [5, 5.41) is 6.06. The summed E-state index contributed by atoms with van der Waals surface area (Å²) in [7, 11) is 0. The number of hydrogen-bond donors (Lipinski definition) is 1. The van der Waals surface area contributed by atoms with Gasteiger partial charge in [0.25, 0.3) is 10.7 Å². The summed E-state index contributed by atoms with van der Waals surface area (Å²) in [6, 6.07) is 0. The van der Waals surface area contributed by atoms with Gasteiger partial charge in [0.2, 0.25) is 0 Å². The van der Waals surface area contributed by atoms with Crippen LogP contribution in [0, 0.1) is 4.84 Å². The van der Waals surface area contributed by atoms with Crippen LogP contribution in [0.4, 0.5) is 0 Å². The Morgan fingerprint density at radius 3 is 2.95 bits per heavy atom. The molecule has 19 heavy (non-hydrogen) atoms. The zero-order chi connectivity index (χ0) is 13.2. The minimum atomic E-state index is -0.576. The monoisotopic (exact) mass is 292 g/mol. The van der Waals surface area contributed by atoms with Crippen LogP contribution in [-0.4, -0.2) is 24.7 Å². The number of aromatic nitrogens is 5. The number of nitrogens with two attached hydrogens (primary N) is 1. The van der Waals surface area contributed by atoms with E-state index in [9.17, 15) is 0 Å². The Morgan fingerprint density at radius 1 is 1.37 bits per heavy atom. The quantitative estimate of drug-likeness (QED) is 0.733. The highest BCUT2D eigenvalue weighted by molar-refractivity contribution is 7.71. The fourth-order valence-corrected chi connectivity index (χ4v) is 2.29. The average molecular weight is 292 g/mol. The fraction of sp³-hybridized carbons (Fsp3) is 0.100. The van der Waals surface area contributed by atoms with Gasteiger partial charge in [-0.1, -0.05) is 0 Å². The molecule has 0 amide bonds. The number of rotatable bonds is 3. The van der Waals surface area contributed by atoms with Gasteiger partial charge in [0.1, 0.15) is 11.9 Å². The van der Waals surface area contributed by atoms with Crippen LogP contribution >= 0.6 is 23.6 Å². The Balaban J connectivity index is 2.01. The maximum atomic E-state index is 6.03. The van der Waals surface area contributed by atoms with Crippen molar-refractivity contribution in [3.05, 3.63) is 40.0 Å². The number of hydrogen-bond acceptors (Lipinski definition) is 8. The standard InChI is InChI=1S/C10H8N6OS2/c11-8(7-4-19-5-14-7)16-10(18)17-9(15-16)6-3-12-1-2-13-6/h1-5,8H,11H2. The molecule has 0 spiro atoms. The van der Waals surface area contributed by atoms with E-state index in [0.717, 1.165) is 0 Å². The van der Waals surface area contributed by atoms with Gasteiger partial charge in [-0.2, -0.15) is 4.68 Å². The van der Waals surface area contributed by atoms with E-state index in [4.69, 9.17) is 22.4 Å². The maximum Gasteiger partial charge on any atom is 0.289 e. The third-order valence-corrected chi connectivity index (χ3v) is 3.24. The van der Waals surface area contributed by atoms with Gasteiger partial charge >= 0.3 is 0 Å². The maximum absolute atomic E-state index is 6.03. The van der Waals surface area contributed by atoms with E-state index in [1.165, 1.54) is 16.0 Å². The van der Waals surface area contributed by atoms with Crippen molar-refractivity contribution < 1.29 is 4.42 Å². The van der Waals surface area contributed by atoms with Gasteiger partial charge in [0.05, 0.1) is 17.4 Å². The van der Waals surface area contributed by atoms with Crippen molar-refractivity contribution in [3.8, 4) is 11.6 Å². The Morgan fingerprint density at radius 2 is 2.26 bits per heavy atom. The van der Waals surface area contributed by atoms with Crippen LogP contribution in [0.2, 0.25) is 0 Å². The van der Waals surface area contributed by atoms with Crippen molar-refractivity contribution in [1.29, 1.82) is 0 Å². The molecule has 0 aliphatic rings. The molecule has 3 aromatic heterocycles. The van der Waals surface area contributed by atoms with Crippen molar-refractivity contribution in [3.63, 3.8) is 0 Å². The van der Waals surface area contributed by atoms with Crippen molar-refractivity contribution in [2.45, 2.75) is 6.17 Å². The van der Waals surface area contributed by atoms with Gasteiger partial charge in [0.15, 0.2) is 0 Å². The second-order valence-electron chi connectivity index (χ2n) is 3.57. The van der Waals surface area contributed by atoms with Crippen LogP contribution < -0.4 is 5.73 Å². The molecule has 0 fully saturated rings. The van der Waals surface area contributed by atoms with Crippen molar-refractivity contribution in [2.75, 3.05) is 0 Å². The van der Waals surface area contributed by atoms with E-state index in [1.54, 1.807) is 24.1 Å². The SMILES string of the molecule is NC(c1cscn1)n1nc(-c2cnccn2)oc1=S.